The third kappa shape index (κ3) is 6.30. The van der Waals surface area contributed by atoms with Gasteiger partial charge in [0.15, 0.2) is 0 Å². The van der Waals surface area contributed by atoms with Crippen LogP contribution in [0.15, 0.2) is 79.4 Å². The zero-order valence-electron chi connectivity index (χ0n) is 22.8. The maximum absolute atomic E-state index is 14.8. The first-order chi connectivity index (χ1) is 20.1. The molecule has 0 bridgehead atoms. The van der Waals surface area contributed by atoms with E-state index in [4.69, 9.17) is 22.1 Å². The number of piperazine rings is 1. The van der Waals surface area contributed by atoms with E-state index in [-0.39, 0.29) is 12.1 Å². The van der Waals surface area contributed by atoms with Crippen molar-refractivity contribution in [1.29, 1.82) is 0 Å². The summed E-state index contributed by atoms with van der Waals surface area (Å²) in [6.07, 6.45) is 1.74. The zero-order valence-corrected chi connectivity index (χ0v) is 23.5. The maximum Gasteiger partial charge on any atom is 0.334 e. The summed E-state index contributed by atoms with van der Waals surface area (Å²) in [6, 6.07) is 16.6. The number of rotatable bonds is 9. The van der Waals surface area contributed by atoms with Crippen molar-refractivity contribution in [3.8, 4) is 5.75 Å². The van der Waals surface area contributed by atoms with Gasteiger partial charge in [-0.15, -0.1) is 0 Å². The molecule has 1 saturated heterocycles. The van der Waals surface area contributed by atoms with Gasteiger partial charge in [-0.3, -0.25) is 0 Å². The summed E-state index contributed by atoms with van der Waals surface area (Å²) in [5, 5.41) is 19.6. The number of amides is 2. The second kappa shape index (κ2) is 12.3. The number of nitrogens with two attached hydrogens (primary N) is 1. The van der Waals surface area contributed by atoms with Crippen LogP contribution in [0.2, 0.25) is 5.02 Å². The number of ether oxygens (including phenoxy) is 1. The topological polar surface area (TPSA) is 113 Å². The number of benzene rings is 3. The van der Waals surface area contributed by atoms with Gasteiger partial charge in [-0.1, -0.05) is 17.7 Å². The van der Waals surface area contributed by atoms with Crippen LogP contribution in [0.5, 0.6) is 5.75 Å². The number of nitrogens with zero attached hydrogens (tertiary/aromatic N) is 6. The summed E-state index contributed by atoms with van der Waals surface area (Å²) in [4.78, 5) is 18.3. The van der Waals surface area contributed by atoms with Crippen LogP contribution in [-0.4, -0.2) is 63.2 Å². The molecule has 4 aromatic rings. The fourth-order valence-electron chi connectivity index (χ4n) is 5.04. The van der Waals surface area contributed by atoms with Crippen LogP contribution in [0.3, 0.4) is 0 Å². The average molecular weight is 598 g/mol. The van der Waals surface area contributed by atoms with Crippen LogP contribution >= 0.6 is 11.6 Å². The maximum atomic E-state index is 14.8. The molecule has 1 fully saturated rings. The van der Waals surface area contributed by atoms with Gasteiger partial charge in [-0.05, 0) is 61.5 Å². The smallest absolute Gasteiger partial charge is 0.334 e. The molecule has 42 heavy (non-hydrogen) atoms. The highest BCUT2D eigenvalue weighted by Gasteiger charge is 2.41. The first-order valence-corrected chi connectivity index (χ1v) is 13.6. The monoisotopic (exact) mass is 597 g/mol. The molecule has 0 saturated carbocycles. The van der Waals surface area contributed by atoms with Gasteiger partial charge >= 0.3 is 6.03 Å². The van der Waals surface area contributed by atoms with E-state index in [9.17, 15) is 18.7 Å². The van der Waals surface area contributed by atoms with Gasteiger partial charge in [0.1, 0.15) is 41.7 Å². The summed E-state index contributed by atoms with van der Waals surface area (Å²) in [5.74, 6) is -1.20. The van der Waals surface area contributed by atoms with Crippen LogP contribution in [0.4, 0.5) is 25.0 Å². The Labute approximate surface area is 246 Å². The number of urea groups is 1. The molecular weight excluding hydrogens is 568 g/mol. The van der Waals surface area contributed by atoms with Crippen molar-refractivity contribution in [2.45, 2.75) is 25.2 Å². The first kappa shape index (κ1) is 29.2. The molecule has 2 atom stereocenters. The number of halogens is 3. The third-order valence-corrected chi connectivity index (χ3v) is 7.53. The molecule has 3 N–H and O–H groups in total. The van der Waals surface area contributed by atoms with Gasteiger partial charge in [-0.2, -0.15) is 5.10 Å². The Hall–Kier alpha value is -4.26. The minimum Gasteiger partial charge on any atom is -0.487 e. The predicted molar refractivity (Wildman–Crippen MR) is 154 cm³/mol. The lowest BCUT2D eigenvalue weighted by molar-refractivity contribution is -0.0759. The van der Waals surface area contributed by atoms with Gasteiger partial charge in [0, 0.05) is 48.5 Å². The fourth-order valence-corrected chi connectivity index (χ4v) is 5.16. The molecule has 2 amide bonds. The molecule has 5 rings (SSSR count). The van der Waals surface area contributed by atoms with E-state index in [1.54, 1.807) is 43.3 Å². The van der Waals surface area contributed by atoms with Gasteiger partial charge in [0.25, 0.3) is 0 Å². The van der Waals surface area contributed by atoms with Gasteiger partial charge in [0.2, 0.25) is 0 Å². The molecular formula is C29H30ClF2N7O3. The van der Waals surface area contributed by atoms with E-state index in [0.29, 0.717) is 42.6 Å². The minimum absolute atomic E-state index is 0.120. The van der Waals surface area contributed by atoms with Crippen LogP contribution in [0, 0.1) is 11.6 Å². The Balaban J connectivity index is 1.26. The van der Waals surface area contributed by atoms with Crippen molar-refractivity contribution in [2.24, 2.45) is 5.73 Å². The van der Waals surface area contributed by atoms with Crippen molar-refractivity contribution < 1.29 is 23.4 Å². The summed E-state index contributed by atoms with van der Waals surface area (Å²) in [5.41, 5.74) is 5.25. The Kier molecular flexibility index (Phi) is 8.57. The minimum atomic E-state index is -1.89. The lowest BCUT2D eigenvalue weighted by Gasteiger charge is -2.41. The lowest BCUT2D eigenvalue weighted by Crippen LogP contribution is -2.57. The third-order valence-electron chi connectivity index (χ3n) is 7.27. The molecule has 1 aliphatic rings. The molecule has 0 radical (unpaired) electrons. The van der Waals surface area contributed by atoms with Crippen LogP contribution in [0.1, 0.15) is 12.5 Å². The van der Waals surface area contributed by atoms with E-state index in [0.717, 1.165) is 17.8 Å². The Morgan fingerprint density at radius 1 is 1.10 bits per heavy atom. The van der Waals surface area contributed by atoms with Crippen LogP contribution in [0.25, 0.3) is 0 Å². The second-order valence-electron chi connectivity index (χ2n) is 9.96. The van der Waals surface area contributed by atoms with Crippen LogP contribution in [-0.2, 0) is 12.1 Å². The Morgan fingerprint density at radius 3 is 2.38 bits per heavy atom. The number of hydrazine groups is 1. The molecule has 220 valence electrons. The van der Waals surface area contributed by atoms with E-state index in [1.807, 2.05) is 17.1 Å². The van der Waals surface area contributed by atoms with Gasteiger partial charge in [0.05, 0.1) is 12.2 Å². The fraction of sp³-hybridized carbons (Fsp3) is 0.276. The number of carbonyl (C=O) groups excluding carboxylic acids is 1. The average Bonchev–Trinajstić information content (AvgIpc) is 3.47. The number of primary amides is 1. The Morgan fingerprint density at radius 2 is 1.79 bits per heavy atom. The predicted octanol–water partition coefficient (Wildman–Crippen LogP) is 4.19. The van der Waals surface area contributed by atoms with Crippen LogP contribution < -0.4 is 20.4 Å². The normalized spacial score (nSPS) is 16.1. The summed E-state index contributed by atoms with van der Waals surface area (Å²) < 4.78 is 35.9. The van der Waals surface area contributed by atoms with Crippen molar-refractivity contribution in [1.82, 2.24) is 19.8 Å². The van der Waals surface area contributed by atoms with Crippen molar-refractivity contribution in [3.05, 3.63) is 102 Å². The standard InChI is InChI=1S/C29H30ClF2N7O3/c1-20(29(41,17-37-19-34-18-35-37)26-11-4-22(31)16-27(26)32)42-25-9-7-23(8-10-25)36-12-14-38(15-13-36)39(28(33)40)24-5-2-21(30)3-6-24/h2-11,16,18-20,41H,12-15,17H2,1H3,(H2,33,40). The molecule has 0 spiro atoms. The summed E-state index contributed by atoms with van der Waals surface area (Å²) in [7, 11) is 0. The van der Waals surface area contributed by atoms with E-state index >= 15 is 0 Å². The number of aromatic nitrogens is 3. The highest BCUT2D eigenvalue weighted by atomic mass is 35.5. The Bertz CT molecular complexity index is 1500. The molecule has 10 nitrogen and oxygen atoms in total. The first-order valence-electron chi connectivity index (χ1n) is 13.3. The highest BCUT2D eigenvalue weighted by Crippen LogP contribution is 2.33. The highest BCUT2D eigenvalue weighted by molar-refractivity contribution is 6.30. The largest absolute Gasteiger partial charge is 0.487 e. The SMILES string of the molecule is CC(Oc1ccc(N2CCN(N(C(N)=O)c3ccc(Cl)cc3)CC2)cc1)C(O)(Cn1cncn1)c1ccc(F)cc1F. The number of anilines is 2. The number of carbonyl (C=O) groups is 1. The number of aliphatic hydroxyl groups is 1. The molecule has 2 heterocycles. The number of hydrogen-bond acceptors (Lipinski definition) is 7. The molecule has 1 aromatic heterocycles. The number of hydrogen-bond donors (Lipinski definition) is 2. The quantitative estimate of drug-likeness (QED) is 0.297. The summed E-state index contributed by atoms with van der Waals surface area (Å²) in [6.45, 7) is 3.82. The molecule has 3 aromatic carbocycles. The van der Waals surface area contributed by atoms with Gasteiger partial charge < -0.3 is 20.5 Å². The molecule has 13 heteroatoms. The van der Waals surface area contributed by atoms with Crippen molar-refractivity contribution in [3.63, 3.8) is 0 Å². The summed E-state index contributed by atoms with van der Waals surface area (Å²) >= 11 is 5.99. The van der Waals surface area contributed by atoms with E-state index < -0.39 is 29.4 Å². The van der Waals surface area contributed by atoms with Gasteiger partial charge in [-0.25, -0.2) is 33.3 Å². The lowest BCUT2D eigenvalue weighted by atomic mass is 9.88. The molecule has 0 aliphatic carbocycles. The second-order valence-corrected chi connectivity index (χ2v) is 10.4. The molecule has 2 unspecified atom stereocenters. The van der Waals surface area contributed by atoms with E-state index in [2.05, 4.69) is 15.0 Å². The van der Waals surface area contributed by atoms with Crippen molar-refractivity contribution >= 4 is 29.0 Å². The molecule has 1 aliphatic heterocycles. The van der Waals surface area contributed by atoms with E-state index in [1.165, 1.54) is 28.4 Å². The van der Waals surface area contributed by atoms with Crippen molar-refractivity contribution in [2.75, 3.05) is 36.1 Å². The zero-order chi connectivity index (χ0) is 29.9.